The fourth-order valence-electron chi connectivity index (χ4n) is 3.50. The predicted octanol–water partition coefficient (Wildman–Crippen LogP) is 2.33. The lowest BCUT2D eigenvalue weighted by molar-refractivity contribution is -0.132. The average Bonchev–Trinajstić information content (AvgIpc) is 3.08. The fourth-order valence-corrected chi connectivity index (χ4v) is 3.50. The minimum absolute atomic E-state index is 0.142. The normalized spacial score (nSPS) is 14.4. The van der Waals surface area contributed by atoms with E-state index in [1.807, 2.05) is 9.80 Å². The average molecular weight is 381 g/mol. The Balaban J connectivity index is 1.55. The maximum absolute atomic E-state index is 12.8. The van der Waals surface area contributed by atoms with Gasteiger partial charge in [0.05, 0.1) is 6.54 Å². The summed E-state index contributed by atoms with van der Waals surface area (Å²) in [6, 6.07) is 10.5. The number of oxazole rings is 1. The van der Waals surface area contributed by atoms with E-state index in [-0.39, 0.29) is 5.91 Å². The van der Waals surface area contributed by atoms with E-state index >= 15 is 0 Å². The van der Waals surface area contributed by atoms with Crippen molar-refractivity contribution in [1.82, 2.24) is 14.8 Å². The van der Waals surface area contributed by atoms with E-state index in [9.17, 15) is 10.1 Å². The van der Waals surface area contributed by atoms with Crippen LogP contribution in [0.25, 0.3) is 0 Å². The lowest BCUT2D eigenvalue weighted by Crippen LogP contribution is -2.51. The summed E-state index contributed by atoms with van der Waals surface area (Å²) in [7, 11) is 0. The van der Waals surface area contributed by atoms with E-state index < -0.39 is 0 Å². The molecule has 1 aliphatic heterocycles. The highest BCUT2D eigenvalue weighted by Crippen LogP contribution is 2.22. The topological polar surface area (TPSA) is 76.6 Å². The van der Waals surface area contributed by atoms with Gasteiger partial charge in [-0.05, 0) is 19.0 Å². The van der Waals surface area contributed by atoms with Gasteiger partial charge in [0.25, 0.3) is 0 Å². The molecule has 0 N–H and O–H groups in total. The molecule has 1 aliphatic rings. The van der Waals surface area contributed by atoms with Gasteiger partial charge in [0.15, 0.2) is 5.89 Å². The molecule has 0 unspecified atom stereocenters. The summed E-state index contributed by atoms with van der Waals surface area (Å²) in [5.41, 5.74) is 2.77. The molecule has 1 amide bonds. The number of nitriles is 1. The number of anilines is 1. The van der Waals surface area contributed by atoms with Crippen LogP contribution in [0.5, 0.6) is 0 Å². The number of piperazine rings is 1. The van der Waals surface area contributed by atoms with Crippen LogP contribution in [0, 0.1) is 25.2 Å². The number of rotatable bonds is 6. The zero-order valence-corrected chi connectivity index (χ0v) is 16.8. The zero-order chi connectivity index (χ0) is 20.1. The van der Waals surface area contributed by atoms with Gasteiger partial charge in [-0.25, -0.2) is 4.98 Å². The molecule has 0 aliphatic carbocycles. The molecule has 1 saturated heterocycles. The number of carbonyl (C=O) groups is 1. The van der Waals surface area contributed by atoms with Crippen LogP contribution in [0.3, 0.4) is 0 Å². The number of aromatic nitrogens is 1. The number of likely N-dealkylation sites (N-methyl/N-ethyl adjacent to an activating group) is 1. The Morgan fingerprint density at radius 3 is 2.68 bits per heavy atom. The van der Waals surface area contributed by atoms with Crippen LogP contribution in [0.4, 0.5) is 5.88 Å². The van der Waals surface area contributed by atoms with Crippen molar-refractivity contribution in [3.8, 4) is 6.07 Å². The Labute approximate surface area is 166 Å². The highest BCUT2D eigenvalue weighted by atomic mass is 16.4. The van der Waals surface area contributed by atoms with Crippen molar-refractivity contribution >= 4 is 11.8 Å². The highest BCUT2D eigenvalue weighted by Gasteiger charge is 2.26. The third kappa shape index (κ3) is 4.70. The summed E-state index contributed by atoms with van der Waals surface area (Å²) >= 11 is 0. The lowest BCUT2D eigenvalue weighted by Gasteiger charge is -2.35. The standard InChI is InChI=1S/C21H27N5O2/c1-4-24(14-18-7-5-6-16(2)12-18)15-20(27)25-8-10-26(11-9-25)21-19(13-22)23-17(3)28-21/h5-7,12H,4,8-11,14-15H2,1-3H3. The second-order valence-electron chi connectivity index (χ2n) is 7.16. The van der Waals surface area contributed by atoms with Crippen LogP contribution >= 0.6 is 0 Å². The first-order chi connectivity index (χ1) is 13.5. The first-order valence-electron chi connectivity index (χ1n) is 9.68. The molecular formula is C21H27N5O2. The molecule has 1 fully saturated rings. The fraction of sp³-hybridized carbons (Fsp3) is 0.476. The van der Waals surface area contributed by atoms with Crippen LogP contribution in [-0.2, 0) is 11.3 Å². The van der Waals surface area contributed by atoms with Crippen molar-refractivity contribution in [3.63, 3.8) is 0 Å². The molecule has 28 heavy (non-hydrogen) atoms. The molecule has 1 aromatic carbocycles. The number of hydrogen-bond acceptors (Lipinski definition) is 6. The van der Waals surface area contributed by atoms with Gasteiger partial charge < -0.3 is 14.2 Å². The summed E-state index contributed by atoms with van der Waals surface area (Å²) in [6.45, 7) is 10.4. The minimum Gasteiger partial charge on any atom is -0.424 e. The minimum atomic E-state index is 0.142. The Hall–Kier alpha value is -2.85. The Kier molecular flexibility index (Phi) is 6.32. The Morgan fingerprint density at radius 2 is 2.04 bits per heavy atom. The summed E-state index contributed by atoms with van der Waals surface area (Å²) in [5.74, 6) is 1.14. The van der Waals surface area contributed by atoms with Gasteiger partial charge >= 0.3 is 0 Å². The van der Waals surface area contributed by atoms with Gasteiger partial charge in [0.2, 0.25) is 17.5 Å². The summed E-state index contributed by atoms with van der Waals surface area (Å²) < 4.78 is 5.58. The number of carbonyl (C=O) groups excluding carboxylic acids is 1. The van der Waals surface area contributed by atoms with Crippen LogP contribution in [0.1, 0.15) is 29.6 Å². The molecule has 0 saturated carbocycles. The quantitative estimate of drug-likeness (QED) is 0.764. The molecule has 2 heterocycles. The van der Waals surface area contributed by atoms with Crippen LogP contribution in [0.15, 0.2) is 28.7 Å². The van der Waals surface area contributed by atoms with Crippen molar-refractivity contribution < 1.29 is 9.21 Å². The second kappa shape index (κ2) is 8.89. The maximum Gasteiger partial charge on any atom is 0.236 e. The highest BCUT2D eigenvalue weighted by molar-refractivity contribution is 5.78. The first-order valence-corrected chi connectivity index (χ1v) is 9.68. The van der Waals surface area contributed by atoms with E-state index in [1.165, 1.54) is 11.1 Å². The van der Waals surface area contributed by atoms with E-state index in [0.29, 0.717) is 50.2 Å². The molecular weight excluding hydrogens is 354 g/mol. The number of nitrogens with zero attached hydrogens (tertiary/aromatic N) is 5. The van der Waals surface area contributed by atoms with Crippen LogP contribution in [-0.4, -0.2) is 60.0 Å². The monoisotopic (exact) mass is 381 g/mol. The lowest BCUT2D eigenvalue weighted by atomic mass is 10.1. The molecule has 0 atom stereocenters. The van der Waals surface area contributed by atoms with E-state index in [4.69, 9.17) is 4.42 Å². The van der Waals surface area contributed by atoms with Crippen molar-refractivity contribution in [1.29, 1.82) is 5.26 Å². The zero-order valence-electron chi connectivity index (χ0n) is 16.8. The van der Waals surface area contributed by atoms with Gasteiger partial charge in [0, 0.05) is 39.6 Å². The molecule has 7 nitrogen and oxygen atoms in total. The molecule has 2 aromatic rings. The van der Waals surface area contributed by atoms with E-state index in [1.54, 1.807) is 6.92 Å². The Bertz CT molecular complexity index is 862. The smallest absolute Gasteiger partial charge is 0.236 e. The molecule has 0 radical (unpaired) electrons. The van der Waals surface area contributed by atoms with E-state index in [2.05, 4.69) is 54.1 Å². The SMILES string of the molecule is CCN(CC(=O)N1CCN(c2oc(C)nc2C#N)CC1)Cc1cccc(C)c1. The molecule has 1 aromatic heterocycles. The van der Waals surface area contributed by atoms with Crippen molar-refractivity contribution in [2.24, 2.45) is 0 Å². The molecule has 7 heteroatoms. The maximum atomic E-state index is 12.8. The van der Waals surface area contributed by atoms with Gasteiger partial charge in [-0.1, -0.05) is 36.8 Å². The van der Waals surface area contributed by atoms with E-state index in [0.717, 1.165) is 13.1 Å². The van der Waals surface area contributed by atoms with Crippen molar-refractivity contribution in [3.05, 3.63) is 47.0 Å². The predicted molar refractivity (Wildman–Crippen MR) is 107 cm³/mol. The molecule has 148 valence electrons. The van der Waals surface area contributed by atoms with Crippen molar-refractivity contribution in [2.45, 2.75) is 27.3 Å². The second-order valence-corrected chi connectivity index (χ2v) is 7.16. The van der Waals surface area contributed by atoms with Gasteiger partial charge in [0.1, 0.15) is 6.07 Å². The summed E-state index contributed by atoms with van der Waals surface area (Å²) in [5, 5.41) is 9.20. The third-order valence-electron chi connectivity index (χ3n) is 5.04. The first kappa shape index (κ1) is 19.9. The number of amides is 1. The summed E-state index contributed by atoms with van der Waals surface area (Å²) in [4.78, 5) is 22.9. The Morgan fingerprint density at radius 1 is 1.29 bits per heavy atom. The molecule has 3 rings (SSSR count). The summed E-state index contributed by atoms with van der Waals surface area (Å²) in [6.07, 6.45) is 0. The molecule has 0 bridgehead atoms. The van der Waals surface area contributed by atoms with Gasteiger partial charge in [-0.15, -0.1) is 0 Å². The largest absolute Gasteiger partial charge is 0.424 e. The number of benzene rings is 1. The van der Waals surface area contributed by atoms with Gasteiger partial charge in [-0.2, -0.15) is 5.26 Å². The van der Waals surface area contributed by atoms with Crippen LogP contribution in [0.2, 0.25) is 0 Å². The molecule has 0 spiro atoms. The van der Waals surface area contributed by atoms with Crippen molar-refractivity contribution in [2.75, 3.05) is 44.2 Å². The number of aryl methyl sites for hydroxylation is 2. The van der Waals surface area contributed by atoms with Gasteiger partial charge in [-0.3, -0.25) is 9.69 Å². The number of hydrogen-bond donors (Lipinski definition) is 0. The third-order valence-corrected chi connectivity index (χ3v) is 5.04. The van der Waals surface area contributed by atoms with Crippen LogP contribution < -0.4 is 4.90 Å².